The molecule has 0 spiro atoms. The first kappa shape index (κ1) is 25.3. The van der Waals surface area contributed by atoms with Crippen LogP contribution in [0.2, 0.25) is 0 Å². The molecule has 9 nitrogen and oxygen atoms in total. The highest BCUT2D eigenvalue weighted by Crippen LogP contribution is 2.38. The van der Waals surface area contributed by atoms with Crippen molar-refractivity contribution in [1.29, 1.82) is 0 Å². The van der Waals surface area contributed by atoms with E-state index >= 15 is 0 Å². The number of halogens is 1. The lowest BCUT2D eigenvalue weighted by Gasteiger charge is -2.42. The lowest BCUT2D eigenvalue weighted by molar-refractivity contribution is -0.147. The number of likely N-dealkylation sites (N-methyl/N-ethyl adjacent to an activating group) is 1. The maximum Gasteiger partial charge on any atom is 0.245 e. The Morgan fingerprint density at radius 3 is 2.43 bits per heavy atom. The van der Waals surface area contributed by atoms with Gasteiger partial charge in [0.2, 0.25) is 17.7 Å². The average Bonchev–Trinajstić information content (AvgIpc) is 3.33. The highest BCUT2D eigenvalue weighted by atomic mass is 19.1. The third kappa shape index (κ3) is 5.12. The largest absolute Gasteiger partial charge is 0.343 e. The molecule has 1 aliphatic carbocycles. The Balaban J connectivity index is 1.41. The number of carbonyl (C=O) groups is 3. The van der Waals surface area contributed by atoms with E-state index in [0.717, 1.165) is 37.8 Å². The van der Waals surface area contributed by atoms with E-state index < -0.39 is 17.3 Å². The van der Waals surface area contributed by atoms with Gasteiger partial charge in [0.25, 0.3) is 0 Å². The van der Waals surface area contributed by atoms with Gasteiger partial charge in [-0.15, -0.1) is 0 Å². The van der Waals surface area contributed by atoms with E-state index in [0.29, 0.717) is 26.2 Å². The van der Waals surface area contributed by atoms with Gasteiger partial charge in [-0.3, -0.25) is 14.4 Å². The molecule has 10 heteroatoms. The van der Waals surface area contributed by atoms with Crippen molar-refractivity contribution < 1.29 is 18.8 Å². The van der Waals surface area contributed by atoms with Gasteiger partial charge in [0.1, 0.15) is 17.3 Å². The molecule has 1 aromatic heterocycles. The number of nitrogens with zero attached hydrogens (tertiary/aromatic N) is 4. The van der Waals surface area contributed by atoms with Crippen molar-refractivity contribution in [2.75, 3.05) is 33.2 Å². The predicted octanol–water partition coefficient (Wildman–Crippen LogP) is 1.56. The van der Waals surface area contributed by atoms with Crippen LogP contribution in [0.4, 0.5) is 4.39 Å². The molecule has 4 rings (SSSR count). The summed E-state index contributed by atoms with van der Waals surface area (Å²) < 4.78 is 16.4. The average molecular weight is 489 g/mol. The molecular formula is C25H37FN6O3. The maximum absolute atomic E-state index is 15.0. The maximum atomic E-state index is 15.0. The van der Waals surface area contributed by atoms with Gasteiger partial charge in [-0.25, -0.2) is 9.07 Å². The number of hydrogen-bond acceptors (Lipinski definition) is 5. The number of piperazine rings is 1. The SMILES string of the molecule is CN[C@@H](C)C(=O)N[C@H](C(=O)N1CCN(C(=O)C2(C)Cc3ccnn3C=C2F)CC1)C1CCCCC1. The lowest BCUT2D eigenvalue weighted by atomic mass is 9.81. The van der Waals surface area contributed by atoms with Crippen LogP contribution >= 0.6 is 0 Å². The van der Waals surface area contributed by atoms with Crippen molar-refractivity contribution in [3.8, 4) is 0 Å². The fourth-order valence-corrected chi connectivity index (χ4v) is 5.41. The second kappa shape index (κ2) is 10.5. The van der Waals surface area contributed by atoms with Crippen molar-refractivity contribution in [1.82, 2.24) is 30.2 Å². The lowest BCUT2D eigenvalue weighted by Crippen LogP contribution is -2.60. The zero-order chi connectivity index (χ0) is 25.2. The molecule has 0 bridgehead atoms. The van der Waals surface area contributed by atoms with Crippen molar-refractivity contribution in [3.63, 3.8) is 0 Å². The van der Waals surface area contributed by atoms with Gasteiger partial charge in [-0.1, -0.05) is 19.3 Å². The second-order valence-corrected chi connectivity index (χ2v) is 10.3. The first-order valence-corrected chi connectivity index (χ1v) is 12.7. The van der Waals surface area contributed by atoms with Gasteiger partial charge in [-0.2, -0.15) is 5.10 Å². The zero-order valence-electron chi connectivity index (χ0n) is 20.9. The van der Waals surface area contributed by atoms with E-state index in [-0.39, 0.29) is 36.1 Å². The summed E-state index contributed by atoms with van der Waals surface area (Å²) in [6, 6.07) is 0.843. The van der Waals surface area contributed by atoms with Crippen LogP contribution in [0, 0.1) is 11.3 Å². The Bertz CT molecular complexity index is 980. The number of rotatable bonds is 6. The van der Waals surface area contributed by atoms with Crippen LogP contribution in [0.15, 0.2) is 18.1 Å². The smallest absolute Gasteiger partial charge is 0.245 e. The molecule has 3 aliphatic rings. The summed E-state index contributed by atoms with van der Waals surface area (Å²) in [5.74, 6) is -0.924. The van der Waals surface area contributed by atoms with Gasteiger partial charge < -0.3 is 20.4 Å². The van der Waals surface area contributed by atoms with Gasteiger partial charge in [0, 0.05) is 44.5 Å². The third-order valence-electron chi connectivity index (χ3n) is 7.91. The highest BCUT2D eigenvalue weighted by Gasteiger charge is 2.45. The van der Waals surface area contributed by atoms with E-state index in [1.807, 2.05) is 0 Å². The third-order valence-corrected chi connectivity index (χ3v) is 7.91. The van der Waals surface area contributed by atoms with E-state index in [4.69, 9.17) is 0 Å². The molecule has 3 amide bonds. The molecule has 1 unspecified atom stereocenters. The monoisotopic (exact) mass is 488 g/mol. The molecule has 3 atom stereocenters. The summed E-state index contributed by atoms with van der Waals surface area (Å²) in [5.41, 5.74) is -0.484. The molecule has 0 radical (unpaired) electrons. The van der Waals surface area contributed by atoms with Crippen molar-refractivity contribution >= 4 is 23.9 Å². The predicted molar refractivity (Wildman–Crippen MR) is 130 cm³/mol. The van der Waals surface area contributed by atoms with Gasteiger partial charge in [0.05, 0.1) is 12.2 Å². The Kier molecular flexibility index (Phi) is 7.59. The molecule has 3 heterocycles. The second-order valence-electron chi connectivity index (χ2n) is 10.3. The number of carbonyl (C=O) groups excluding carboxylic acids is 3. The summed E-state index contributed by atoms with van der Waals surface area (Å²) in [7, 11) is 1.72. The van der Waals surface area contributed by atoms with Crippen LogP contribution < -0.4 is 10.6 Å². The molecule has 2 fully saturated rings. The Morgan fingerprint density at radius 1 is 1.11 bits per heavy atom. The van der Waals surface area contributed by atoms with Crippen molar-refractivity contribution in [2.24, 2.45) is 11.3 Å². The molecule has 35 heavy (non-hydrogen) atoms. The van der Waals surface area contributed by atoms with Crippen LogP contribution in [0.25, 0.3) is 6.20 Å². The molecule has 2 aliphatic heterocycles. The minimum absolute atomic E-state index is 0.0838. The minimum atomic E-state index is -1.27. The summed E-state index contributed by atoms with van der Waals surface area (Å²) in [4.78, 5) is 43.0. The molecule has 1 saturated carbocycles. The number of hydrogen-bond donors (Lipinski definition) is 2. The molecule has 1 saturated heterocycles. The number of aromatic nitrogens is 2. The topological polar surface area (TPSA) is 99.6 Å². The van der Waals surface area contributed by atoms with E-state index in [1.165, 1.54) is 10.9 Å². The summed E-state index contributed by atoms with van der Waals surface area (Å²) in [6.45, 7) is 4.81. The van der Waals surface area contributed by atoms with Crippen LogP contribution in [0.1, 0.15) is 51.6 Å². The Labute approximate surface area is 206 Å². The van der Waals surface area contributed by atoms with Crippen LogP contribution in [-0.4, -0.2) is 82.6 Å². The van der Waals surface area contributed by atoms with Crippen molar-refractivity contribution in [3.05, 3.63) is 23.8 Å². The fourth-order valence-electron chi connectivity index (χ4n) is 5.41. The Hall–Kier alpha value is -2.75. The summed E-state index contributed by atoms with van der Waals surface area (Å²) >= 11 is 0. The zero-order valence-corrected chi connectivity index (χ0v) is 20.9. The fraction of sp³-hybridized carbons (Fsp3) is 0.680. The minimum Gasteiger partial charge on any atom is -0.343 e. The van der Waals surface area contributed by atoms with Crippen molar-refractivity contribution in [2.45, 2.75) is 64.5 Å². The summed E-state index contributed by atoms with van der Waals surface area (Å²) in [6.07, 6.45) is 8.23. The van der Waals surface area contributed by atoms with Crippen LogP contribution in [0.5, 0.6) is 0 Å². The van der Waals surface area contributed by atoms with E-state index in [9.17, 15) is 18.8 Å². The quantitative estimate of drug-likeness (QED) is 0.633. The molecular weight excluding hydrogens is 451 g/mol. The summed E-state index contributed by atoms with van der Waals surface area (Å²) in [5, 5.41) is 9.99. The van der Waals surface area contributed by atoms with Crippen LogP contribution in [-0.2, 0) is 20.8 Å². The molecule has 2 N–H and O–H groups in total. The number of nitrogens with one attached hydrogen (secondary N) is 2. The molecule has 0 aromatic carbocycles. The Morgan fingerprint density at radius 2 is 1.77 bits per heavy atom. The van der Waals surface area contributed by atoms with Gasteiger partial charge in [0.15, 0.2) is 0 Å². The standard InChI is InChI=1S/C25H37FN6O3/c1-17(27-3)22(33)29-21(18-7-5-4-6-8-18)23(34)30-11-13-31(14-12-30)24(35)25(2)15-19-9-10-28-32(19)16-20(25)26/h9-10,16-18,21,27H,4-8,11-15H2,1-3H3,(H,29,33)/t17-,21-,25?/m0/s1. The van der Waals surface area contributed by atoms with Gasteiger partial charge in [-0.05, 0) is 45.7 Å². The highest BCUT2D eigenvalue weighted by molar-refractivity contribution is 5.90. The molecule has 192 valence electrons. The first-order valence-electron chi connectivity index (χ1n) is 12.7. The van der Waals surface area contributed by atoms with E-state index in [1.54, 1.807) is 43.0 Å². The first-order chi connectivity index (χ1) is 16.7. The molecule has 1 aromatic rings. The number of fused-ring (bicyclic) bond motifs is 1. The van der Waals surface area contributed by atoms with Gasteiger partial charge >= 0.3 is 0 Å². The number of amides is 3. The van der Waals surface area contributed by atoms with E-state index in [2.05, 4.69) is 15.7 Å². The normalized spacial score (nSPS) is 24.9. The van der Waals surface area contributed by atoms with Crippen LogP contribution in [0.3, 0.4) is 0 Å².